The van der Waals surface area contributed by atoms with Crippen molar-refractivity contribution >= 4 is 28.9 Å². The van der Waals surface area contributed by atoms with Gasteiger partial charge in [-0.15, -0.1) is 0 Å². The summed E-state index contributed by atoms with van der Waals surface area (Å²) in [6.07, 6.45) is 3.80. The number of carbonyl (C=O) groups is 1. The van der Waals surface area contributed by atoms with Crippen LogP contribution in [0.15, 0.2) is 60.9 Å². The van der Waals surface area contributed by atoms with Gasteiger partial charge in [-0.2, -0.15) is 0 Å². The quantitative estimate of drug-likeness (QED) is 0.636. The Kier molecular flexibility index (Phi) is 6.04. The van der Waals surface area contributed by atoms with Crippen molar-refractivity contribution in [2.45, 2.75) is 13.3 Å². The first-order valence-corrected chi connectivity index (χ1v) is 8.90. The molecular weight excluding hydrogens is 365 g/mol. The fourth-order valence-electron chi connectivity index (χ4n) is 2.63. The summed E-state index contributed by atoms with van der Waals surface area (Å²) in [7, 11) is 0. The van der Waals surface area contributed by atoms with E-state index < -0.39 is 0 Å². The number of nitrogens with zero attached hydrogens (tertiary/aromatic N) is 1. The number of pyridine rings is 1. The molecule has 2 aromatic carbocycles. The van der Waals surface area contributed by atoms with Gasteiger partial charge in [0, 0.05) is 23.5 Å². The molecule has 1 heterocycles. The van der Waals surface area contributed by atoms with Crippen LogP contribution in [0.1, 0.15) is 21.5 Å². The molecule has 0 saturated carbocycles. The average molecular weight is 384 g/mol. The lowest BCUT2D eigenvalue weighted by molar-refractivity contribution is 0.0954. The third-order valence-corrected chi connectivity index (χ3v) is 4.32. The third kappa shape index (κ3) is 5.28. The number of nitrogens with one attached hydrogen (secondary N) is 2. The van der Waals surface area contributed by atoms with Crippen LogP contribution in [0.5, 0.6) is 0 Å². The Balaban J connectivity index is 1.60. The first-order chi connectivity index (χ1) is 13.0. The minimum absolute atomic E-state index is 0.207. The number of anilines is 2. The lowest BCUT2D eigenvalue weighted by Gasteiger charge is -2.11. The summed E-state index contributed by atoms with van der Waals surface area (Å²) in [6.45, 7) is 2.41. The van der Waals surface area contributed by atoms with Crippen molar-refractivity contribution in [1.82, 2.24) is 10.3 Å². The summed E-state index contributed by atoms with van der Waals surface area (Å²) >= 11 is 5.98. The maximum absolute atomic E-state index is 12.9. The van der Waals surface area contributed by atoms with Gasteiger partial charge >= 0.3 is 0 Å². The van der Waals surface area contributed by atoms with Crippen molar-refractivity contribution in [3.8, 4) is 0 Å². The van der Waals surface area contributed by atoms with Gasteiger partial charge < -0.3 is 10.6 Å². The van der Waals surface area contributed by atoms with Gasteiger partial charge in [0.05, 0.1) is 17.4 Å². The highest BCUT2D eigenvalue weighted by molar-refractivity contribution is 6.30. The van der Waals surface area contributed by atoms with E-state index in [1.165, 1.54) is 18.3 Å². The maximum atomic E-state index is 12.9. The summed E-state index contributed by atoms with van der Waals surface area (Å²) in [5, 5.41) is 6.77. The molecule has 27 heavy (non-hydrogen) atoms. The average Bonchev–Trinajstić information content (AvgIpc) is 2.66. The molecule has 1 aromatic heterocycles. The van der Waals surface area contributed by atoms with Crippen LogP contribution in [-0.4, -0.2) is 17.4 Å². The van der Waals surface area contributed by atoms with Crippen molar-refractivity contribution in [3.05, 3.63) is 88.5 Å². The highest BCUT2D eigenvalue weighted by Crippen LogP contribution is 2.23. The number of benzene rings is 2. The number of hydrogen-bond donors (Lipinski definition) is 2. The Morgan fingerprint density at radius 3 is 2.63 bits per heavy atom. The molecule has 0 spiro atoms. The van der Waals surface area contributed by atoms with E-state index in [1.54, 1.807) is 30.5 Å². The van der Waals surface area contributed by atoms with Crippen LogP contribution in [0.3, 0.4) is 0 Å². The SMILES string of the molecule is Cc1cc(Cl)ccc1Nc1cncc(C(=O)NCCc2ccc(F)cc2)c1. The van der Waals surface area contributed by atoms with Crippen molar-refractivity contribution in [1.29, 1.82) is 0 Å². The lowest BCUT2D eigenvalue weighted by Crippen LogP contribution is -2.25. The lowest BCUT2D eigenvalue weighted by atomic mass is 10.1. The summed E-state index contributed by atoms with van der Waals surface area (Å²) in [5.41, 5.74) is 4.03. The zero-order valence-corrected chi connectivity index (χ0v) is 15.6. The summed E-state index contributed by atoms with van der Waals surface area (Å²) in [5.74, 6) is -0.477. The molecule has 0 aliphatic heterocycles. The van der Waals surface area contributed by atoms with E-state index in [-0.39, 0.29) is 11.7 Å². The van der Waals surface area contributed by atoms with Gasteiger partial charge in [0.15, 0.2) is 0 Å². The topological polar surface area (TPSA) is 54.0 Å². The number of amides is 1. The summed E-state index contributed by atoms with van der Waals surface area (Å²) < 4.78 is 12.9. The standard InChI is InChI=1S/C21H19ClFN3O/c1-14-10-17(22)4-7-20(14)26-19-11-16(12-24-13-19)21(27)25-9-8-15-2-5-18(23)6-3-15/h2-7,10-13,26H,8-9H2,1H3,(H,25,27). The maximum Gasteiger partial charge on any atom is 0.252 e. The molecule has 4 nitrogen and oxygen atoms in total. The van der Waals surface area contributed by atoms with Crippen LogP contribution in [0.25, 0.3) is 0 Å². The Bertz CT molecular complexity index is 944. The van der Waals surface area contributed by atoms with Crippen molar-refractivity contribution < 1.29 is 9.18 Å². The molecule has 3 rings (SSSR count). The van der Waals surface area contributed by atoms with E-state index >= 15 is 0 Å². The molecule has 138 valence electrons. The van der Waals surface area contributed by atoms with Gasteiger partial charge in [-0.3, -0.25) is 9.78 Å². The Morgan fingerprint density at radius 2 is 1.89 bits per heavy atom. The van der Waals surface area contributed by atoms with Crippen LogP contribution in [0, 0.1) is 12.7 Å². The highest BCUT2D eigenvalue weighted by atomic mass is 35.5. The second-order valence-electron chi connectivity index (χ2n) is 6.18. The highest BCUT2D eigenvalue weighted by Gasteiger charge is 2.08. The van der Waals surface area contributed by atoms with E-state index in [4.69, 9.17) is 11.6 Å². The van der Waals surface area contributed by atoms with Gasteiger partial charge in [-0.05, 0) is 60.9 Å². The number of halogens is 2. The third-order valence-electron chi connectivity index (χ3n) is 4.08. The smallest absolute Gasteiger partial charge is 0.252 e. The predicted octanol–water partition coefficient (Wildman–Crippen LogP) is 4.90. The molecule has 0 fully saturated rings. The van der Waals surface area contributed by atoms with Gasteiger partial charge in [0.25, 0.3) is 5.91 Å². The number of rotatable bonds is 6. The largest absolute Gasteiger partial charge is 0.354 e. The Morgan fingerprint density at radius 1 is 1.11 bits per heavy atom. The summed E-state index contributed by atoms with van der Waals surface area (Å²) in [4.78, 5) is 16.5. The molecule has 0 saturated heterocycles. The van der Waals surface area contributed by atoms with Crippen LogP contribution in [0.2, 0.25) is 5.02 Å². The van der Waals surface area contributed by atoms with Crippen molar-refractivity contribution in [3.63, 3.8) is 0 Å². The first-order valence-electron chi connectivity index (χ1n) is 8.52. The molecule has 0 bridgehead atoms. The van der Waals surface area contributed by atoms with Gasteiger partial charge in [0.1, 0.15) is 5.82 Å². The van der Waals surface area contributed by atoms with E-state index in [0.717, 1.165) is 16.8 Å². The Hall–Kier alpha value is -2.92. The van der Waals surface area contributed by atoms with E-state index in [0.29, 0.717) is 29.2 Å². The van der Waals surface area contributed by atoms with Gasteiger partial charge in [0.2, 0.25) is 0 Å². The zero-order valence-electron chi connectivity index (χ0n) is 14.8. The molecule has 0 radical (unpaired) electrons. The minimum atomic E-state index is -0.269. The fraction of sp³-hybridized carbons (Fsp3) is 0.143. The fourth-order valence-corrected chi connectivity index (χ4v) is 2.86. The number of aromatic nitrogens is 1. The Labute approximate surface area is 162 Å². The number of carbonyl (C=O) groups excluding carboxylic acids is 1. The second kappa shape index (κ2) is 8.64. The van der Waals surface area contributed by atoms with Crippen molar-refractivity contribution in [2.75, 3.05) is 11.9 Å². The summed E-state index contributed by atoms with van der Waals surface area (Å²) in [6, 6.07) is 13.5. The molecule has 3 aromatic rings. The molecule has 0 aliphatic carbocycles. The molecule has 0 atom stereocenters. The molecule has 0 unspecified atom stereocenters. The minimum Gasteiger partial charge on any atom is -0.354 e. The zero-order chi connectivity index (χ0) is 19.2. The van der Waals surface area contributed by atoms with Gasteiger partial charge in [-0.25, -0.2) is 4.39 Å². The molecule has 2 N–H and O–H groups in total. The van der Waals surface area contributed by atoms with Crippen molar-refractivity contribution in [2.24, 2.45) is 0 Å². The predicted molar refractivity (Wildman–Crippen MR) is 106 cm³/mol. The first kappa shape index (κ1) is 18.9. The second-order valence-corrected chi connectivity index (χ2v) is 6.62. The molecule has 1 amide bonds. The van der Waals surface area contributed by atoms with E-state index in [1.807, 2.05) is 19.1 Å². The van der Waals surface area contributed by atoms with Crippen LogP contribution < -0.4 is 10.6 Å². The van der Waals surface area contributed by atoms with Crippen LogP contribution in [0.4, 0.5) is 15.8 Å². The number of hydrogen-bond acceptors (Lipinski definition) is 3. The van der Waals surface area contributed by atoms with Crippen LogP contribution in [-0.2, 0) is 6.42 Å². The normalized spacial score (nSPS) is 10.5. The monoisotopic (exact) mass is 383 g/mol. The molecule has 0 aliphatic rings. The van der Waals surface area contributed by atoms with Gasteiger partial charge in [-0.1, -0.05) is 23.7 Å². The molecular formula is C21H19ClFN3O. The van der Waals surface area contributed by atoms with E-state index in [9.17, 15) is 9.18 Å². The molecule has 6 heteroatoms. The van der Waals surface area contributed by atoms with Crippen LogP contribution >= 0.6 is 11.6 Å². The van der Waals surface area contributed by atoms with E-state index in [2.05, 4.69) is 15.6 Å². The number of aryl methyl sites for hydroxylation is 1.